The van der Waals surface area contributed by atoms with E-state index in [-0.39, 0.29) is 12.7 Å². The number of rotatable bonds is 5. The second-order valence-electron chi connectivity index (χ2n) is 5.66. The van der Waals surface area contributed by atoms with Crippen molar-refractivity contribution in [1.29, 1.82) is 0 Å². The Morgan fingerprint density at radius 3 is 2.96 bits per heavy atom. The van der Waals surface area contributed by atoms with Crippen LogP contribution in [0.3, 0.4) is 0 Å². The van der Waals surface area contributed by atoms with Gasteiger partial charge < -0.3 is 19.9 Å². The number of para-hydroxylation sites is 1. The van der Waals surface area contributed by atoms with Gasteiger partial charge in [-0.25, -0.2) is 4.98 Å². The molecule has 6 nitrogen and oxygen atoms in total. The lowest BCUT2D eigenvalue weighted by Gasteiger charge is -2.12. The van der Waals surface area contributed by atoms with Crippen LogP contribution in [0.4, 0.5) is 0 Å². The number of hydrogen-bond donors (Lipinski definition) is 2. The number of nitrogens with zero attached hydrogens (tertiary/aromatic N) is 1. The van der Waals surface area contributed by atoms with Crippen molar-refractivity contribution in [2.24, 2.45) is 0 Å². The minimum atomic E-state index is -0.690. The molecule has 0 saturated heterocycles. The van der Waals surface area contributed by atoms with E-state index in [0.29, 0.717) is 29.5 Å². The third kappa shape index (κ3) is 3.29. The summed E-state index contributed by atoms with van der Waals surface area (Å²) in [5, 5.41) is 13.5. The van der Waals surface area contributed by atoms with E-state index in [1.54, 1.807) is 18.2 Å². The minimum Gasteiger partial charge on any atom is -0.454 e. The number of aliphatic hydroxyl groups excluding tert-OH is 1. The Bertz CT molecular complexity index is 891. The highest BCUT2D eigenvalue weighted by atomic mass is 32.1. The first-order valence-electron chi connectivity index (χ1n) is 7.92. The summed E-state index contributed by atoms with van der Waals surface area (Å²) in [5.41, 5.74) is 1.55. The summed E-state index contributed by atoms with van der Waals surface area (Å²) in [6.07, 6.45) is -0.291. The Morgan fingerprint density at radius 1 is 1.24 bits per heavy atom. The molecule has 0 radical (unpaired) electrons. The zero-order chi connectivity index (χ0) is 17.2. The highest BCUT2D eigenvalue weighted by Crippen LogP contribution is 2.34. The lowest BCUT2D eigenvalue weighted by atomic mass is 10.1. The molecular weight excluding hydrogens is 340 g/mol. The largest absolute Gasteiger partial charge is 0.454 e. The molecule has 0 saturated carbocycles. The van der Waals surface area contributed by atoms with Gasteiger partial charge in [0, 0.05) is 6.54 Å². The summed E-state index contributed by atoms with van der Waals surface area (Å²) in [4.78, 5) is 16.5. The zero-order valence-electron chi connectivity index (χ0n) is 13.3. The number of nitrogens with one attached hydrogen (secondary N) is 1. The second-order valence-corrected chi connectivity index (χ2v) is 6.69. The van der Waals surface area contributed by atoms with Gasteiger partial charge in [-0.2, -0.15) is 0 Å². The molecule has 2 N–H and O–H groups in total. The number of fused-ring (bicyclic) bond motifs is 2. The summed E-state index contributed by atoms with van der Waals surface area (Å²) in [6.45, 7) is 0.553. The Morgan fingerprint density at radius 2 is 2.08 bits per heavy atom. The third-order valence-electron chi connectivity index (χ3n) is 3.97. The smallest absolute Gasteiger partial charge is 0.280 e. The molecule has 3 aromatic rings. The Kier molecular flexibility index (Phi) is 4.25. The molecule has 1 amide bonds. The second kappa shape index (κ2) is 6.70. The lowest BCUT2D eigenvalue weighted by molar-refractivity contribution is 0.0942. The number of aliphatic hydroxyl groups is 1. The third-order valence-corrected chi connectivity index (χ3v) is 5.01. The van der Waals surface area contributed by atoms with Gasteiger partial charge in [0.05, 0.1) is 16.3 Å². The maximum absolute atomic E-state index is 12.2. The fourth-order valence-electron chi connectivity index (χ4n) is 2.65. The van der Waals surface area contributed by atoms with E-state index < -0.39 is 6.10 Å². The van der Waals surface area contributed by atoms with Gasteiger partial charge in [0.25, 0.3) is 5.91 Å². The van der Waals surface area contributed by atoms with Crippen LogP contribution in [0.2, 0.25) is 0 Å². The van der Waals surface area contributed by atoms with Crippen LogP contribution in [-0.4, -0.2) is 29.3 Å². The van der Waals surface area contributed by atoms with E-state index in [2.05, 4.69) is 10.3 Å². The van der Waals surface area contributed by atoms with Crippen LogP contribution in [0.25, 0.3) is 10.2 Å². The highest BCUT2D eigenvalue weighted by molar-refractivity contribution is 7.20. The topological polar surface area (TPSA) is 80.7 Å². The molecule has 1 atom stereocenters. The van der Waals surface area contributed by atoms with Crippen molar-refractivity contribution in [3.63, 3.8) is 0 Å². The maximum Gasteiger partial charge on any atom is 0.280 e. The van der Waals surface area contributed by atoms with E-state index in [9.17, 15) is 9.90 Å². The summed E-state index contributed by atoms with van der Waals surface area (Å²) in [5.74, 6) is 1.09. The molecule has 0 bridgehead atoms. The Balaban J connectivity index is 1.34. The van der Waals surface area contributed by atoms with Crippen molar-refractivity contribution in [1.82, 2.24) is 10.3 Å². The van der Waals surface area contributed by atoms with Crippen LogP contribution in [0.15, 0.2) is 42.5 Å². The molecule has 4 rings (SSSR count). The molecule has 0 fully saturated rings. The van der Waals surface area contributed by atoms with Crippen molar-refractivity contribution >= 4 is 27.5 Å². The number of thiazole rings is 1. The molecule has 128 valence electrons. The highest BCUT2D eigenvalue weighted by Gasteiger charge is 2.17. The van der Waals surface area contributed by atoms with Gasteiger partial charge in [-0.05, 0) is 36.2 Å². The number of carbonyl (C=O) groups is 1. The van der Waals surface area contributed by atoms with Gasteiger partial charge >= 0.3 is 0 Å². The van der Waals surface area contributed by atoms with Crippen molar-refractivity contribution in [2.75, 3.05) is 13.3 Å². The van der Waals surface area contributed by atoms with Crippen LogP contribution in [0.5, 0.6) is 11.5 Å². The fraction of sp³-hybridized carbons (Fsp3) is 0.222. The normalized spacial score (nSPS) is 13.8. The van der Waals surface area contributed by atoms with E-state index in [1.807, 2.05) is 24.3 Å². The number of carbonyl (C=O) groups excluding carboxylic acids is 1. The van der Waals surface area contributed by atoms with Crippen molar-refractivity contribution in [3.8, 4) is 11.5 Å². The maximum atomic E-state index is 12.2. The molecular formula is C18H16N2O4S. The van der Waals surface area contributed by atoms with Crippen LogP contribution in [0.1, 0.15) is 27.9 Å². The molecule has 1 aromatic heterocycles. The van der Waals surface area contributed by atoms with E-state index >= 15 is 0 Å². The SMILES string of the molecule is O=C(NCC[C@H](O)c1ccc2c(c1)OCO2)c1nc2ccccc2s1. The molecule has 1 aliphatic heterocycles. The predicted molar refractivity (Wildman–Crippen MR) is 94.1 cm³/mol. The van der Waals surface area contributed by atoms with Gasteiger partial charge in [-0.15, -0.1) is 11.3 Å². The van der Waals surface area contributed by atoms with Crippen molar-refractivity contribution < 1.29 is 19.4 Å². The van der Waals surface area contributed by atoms with Crippen LogP contribution >= 0.6 is 11.3 Å². The summed E-state index contributed by atoms with van der Waals surface area (Å²) in [6, 6.07) is 13.0. The van der Waals surface area contributed by atoms with Crippen LogP contribution in [0, 0.1) is 0 Å². The molecule has 25 heavy (non-hydrogen) atoms. The lowest BCUT2D eigenvalue weighted by Crippen LogP contribution is -2.25. The van der Waals surface area contributed by atoms with Gasteiger partial charge in [0.15, 0.2) is 16.5 Å². The predicted octanol–water partition coefficient (Wildman–Crippen LogP) is 2.88. The van der Waals surface area contributed by atoms with Crippen molar-refractivity contribution in [2.45, 2.75) is 12.5 Å². The number of benzene rings is 2. The van der Waals surface area contributed by atoms with E-state index in [0.717, 1.165) is 15.8 Å². The summed E-state index contributed by atoms with van der Waals surface area (Å²) in [7, 11) is 0. The van der Waals surface area contributed by atoms with E-state index in [4.69, 9.17) is 9.47 Å². The number of amides is 1. The van der Waals surface area contributed by atoms with Crippen LogP contribution < -0.4 is 14.8 Å². The van der Waals surface area contributed by atoms with Gasteiger partial charge in [-0.1, -0.05) is 18.2 Å². The summed E-state index contributed by atoms with van der Waals surface area (Å²) < 4.78 is 11.5. The van der Waals surface area contributed by atoms with Gasteiger partial charge in [0.2, 0.25) is 6.79 Å². The van der Waals surface area contributed by atoms with Crippen LogP contribution in [-0.2, 0) is 0 Å². The average molecular weight is 356 g/mol. The molecule has 2 aromatic carbocycles. The number of ether oxygens (including phenoxy) is 2. The number of aromatic nitrogens is 1. The van der Waals surface area contributed by atoms with Gasteiger partial charge in [-0.3, -0.25) is 4.79 Å². The van der Waals surface area contributed by atoms with Gasteiger partial charge in [0.1, 0.15) is 0 Å². The zero-order valence-corrected chi connectivity index (χ0v) is 14.1. The minimum absolute atomic E-state index is 0.201. The first-order valence-corrected chi connectivity index (χ1v) is 8.74. The standard InChI is InChI=1S/C18H16N2O4S/c21-13(11-5-6-14-15(9-11)24-10-23-14)7-8-19-17(22)18-20-12-3-1-2-4-16(12)25-18/h1-6,9,13,21H,7-8,10H2,(H,19,22)/t13-/m0/s1. The molecule has 1 aliphatic rings. The fourth-order valence-corrected chi connectivity index (χ4v) is 3.54. The van der Waals surface area contributed by atoms with E-state index in [1.165, 1.54) is 11.3 Å². The molecule has 0 unspecified atom stereocenters. The Labute approximate surface area is 148 Å². The van der Waals surface area contributed by atoms with Crippen molar-refractivity contribution in [3.05, 3.63) is 53.0 Å². The molecule has 0 aliphatic carbocycles. The quantitative estimate of drug-likeness (QED) is 0.735. The first kappa shape index (κ1) is 15.9. The molecule has 7 heteroatoms. The monoisotopic (exact) mass is 356 g/mol. The number of hydrogen-bond acceptors (Lipinski definition) is 6. The molecule has 0 spiro atoms. The Hall–Kier alpha value is -2.64. The average Bonchev–Trinajstić information content (AvgIpc) is 3.27. The molecule has 2 heterocycles. The summed E-state index contributed by atoms with van der Waals surface area (Å²) >= 11 is 1.36. The first-order chi connectivity index (χ1) is 12.2.